The Morgan fingerprint density at radius 3 is 2.85 bits per heavy atom. The lowest BCUT2D eigenvalue weighted by atomic mass is 9.77. The highest BCUT2D eigenvalue weighted by atomic mass is 32.2. The van der Waals surface area contributed by atoms with E-state index in [1.165, 1.54) is 0 Å². The molecular weight excluding hydrogens is 446 g/mol. The molecule has 5 rings (SSSR count). The molecular formula is C24H29NO7S. The van der Waals surface area contributed by atoms with E-state index >= 15 is 0 Å². The van der Waals surface area contributed by atoms with Gasteiger partial charge < -0.3 is 24.1 Å². The summed E-state index contributed by atoms with van der Waals surface area (Å²) >= 11 is 1.08. The number of benzene rings is 1. The lowest BCUT2D eigenvalue weighted by molar-refractivity contribution is -0.161. The normalized spacial score (nSPS) is 28.3. The van der Waals surface area contributed by atoms with Gasteiger partial charge in [0.25, 0.3) is 0 Å². The fourth-order valence-corrected chi connectivity index (χ4v) is 6.36. The molecule has 0 amide bonds. The van der Waals surface area contributed by atoms with Crippen molar-refractivity contribution in [2.75, 3.05) is 32.7 Å². The van der Waals surface area contributed by atoms with Crippen LogP contribution in [0.25, 0.3) is 0 Å². The largest absolute Gasteiger partial charge is 0.497 e. The number of carbonyl (C=O) groups is 2. The maximum Gasteiger partial charge on any atom is 0.336 e. The number of aliphatic hydroxyl groups is 1. The fourth-order valence-electron chi connectivity index (χ4n) is 5.76. The van der Waals surface area contributed by atoms with E-state index in [9.17, 15) is 14.7 Å². The van der Waals surface area contributed by atoms with Crippen LogP contribution in [0.3, 0.4) is 0 Å². The summed E-state index contributed by atoms with van der Waals surface area (Å²) in [4.78, 5) is 27.3. The summed E-state index contributed by atoms with van der Waals surface area (Å²) < 4.78 is 22.9. The Morgan fingerprint density at radius 2 is 2.09 bits per heavy atom. The number of nitrogens with zero attached hydrogens (tertiary/aromatic N) is 1. The molecule has 1 aromatic rings. The number of hydrogen-bond donors (Lipinski definition) is 1. The molecule has 1 aromatic carbocycles. The number of fused-ring (bicyclic) bond motifs is 3. The predicted octanol–water partition coefficient (Wildman–Crippen LogP) is 2.38. The zero-order valence-electron chi connectivity index (χ0n) is 18.9. The Balaban J connectivity index is 1.50. The van der Waals surface area contributed by atoms with Gasteiger partial charge in [0.1, 0.15) is 5.76 Å². The van der Waals surface area contributed by atoms with Crippen molar-refractivity contribution in [2.24, 2.45) is 0 Å². The molecule has 2 unspecified atom stereocenters. The van der Waals surface area contributed by atoms with Crippen LogP contribution in [0.5, 0.6) is 11.5 Å². The van der Waals surface area contributed by atoms with Gasteiger partial charge in [0.15, 0.2) is 28.8 Å². The number of thioether (sulfide) groups is 1. The summed E-state index contributed by atoms with van der Waals surface area (Å²) in [5.74, 6) is 1.58. The van der Waals surface area contributed by atoms with Gasteiger partial charge in [-0.2, -0.15) is 0 Å². The van der Waals surface area contributed by atoms with Crippen molar-refractivity contribution in [1.29, 1.82) is 0 Å². The summed E-state index contributed by atoms with van der Waals surface area (Å²) in [5.41, 5.74) is 1.85. The summed E-state index contributed by atoms with van der Waals surface area (Å²) in [6.45, 7) is 3.87. The molecule has 3 heterocycles. The highest BCUT2D eigenvalue weighted by molar-refractivity contribution is 8.13. The minimum atomic E-state index is -1.51. The fraction of sp³-hybridized carbons (Fsp3) is 0.583. The first kappa shape index (κ1) is 22.6. The second-order valence-corrected chi connectivity index (χ2v) is 10.2. The summed E-state index contributed by atoms with van der Waals surface area (Å²) in [5, 5.41) is 10.1. The van der Waals surface area contributed by atoms with Crippen molar-refractivity contribution in [3.05, 3.63) is 35.1 Å². The van der Waals surface area contributed by atoms with Crippen LogP contribution in [0.15, 0.2) is 24.0 Å². The third kappa shape index (κ3) is 3.80. The van der Waals surface area contributed by atoms with E-state index < -0.39 is 18.2 Å². The molecule has 0 saturated carbocycles. The number of hydrogen-bond acceptors (Lipinski definition) is 9. The summed E-state index contributed by atoms with van der Waals surface area (Å²) in [6, 6.07) is 4.05. The van der Waals surface area contributed by atoms with E-state index in [-0.39, 0.29) is 29.8 Å². The number of esters is 1. The van der Waals surface area contributed by atoms with E-state index in [1.807, 2.05) is 19.1 Å². The Morgan fingerprint density at radius 1 is 1.30 bits per heavy atom. The predicted molar refractivity (Wildman–Crippen MR) is 121 cm³/mol. The lowest BCUT2D eigenvalue weighted by Crippen LogP contribution is -2.47. The van der Waals surface area contributed by atoms with Crippen LogP contribution in [0, 0.1) is 0 Å². The molecule has 1 aliphatic carbocycles. The number of carbonyl (C=O) groups excluding carboxylic acids is 2. The van der Waals surface area contributed by atoms with Gasteiger partial charge >= 0.3 is 5.97 Å². The minimum absolute atomic E-state index is 0.191. The van der Waals surface area contributed by atoms with Gasteiger partial charge in [0.05, 0.1) is 25.0 Å². The zero-order valence-corrected chi connectivity index (χ0v) is 19.7. The van der Waals surface area contributed by atoms with Crippen LogP contribution in [0.4, 0.5) is 0 Å². The van der Waals surface area contributed by atoms with Gasteiger partial charge in [-0.05, 0) is 60.9 Å². The molecule has 4 aliphatic rings. The molecule has 3 aliphatic heterocycles. The topological polar surface area (TPSA) is 94.5 Å². The van der Waals surface area contributed by atoms with Crippen molar-refractivity contribution in [2.45, 2.75) is 56.3 Å². The van der Waals surface area contributed by atoms with Crippen molar-refractivity contribution in [1.82, 2.24) is 4.90 Å². The Labute approximate surface area is 197 Å². The molecule has 0 radical (unpaired) electrons. The number of aliphatic hydroxyl groups excluding tert-OH is 1. The van der Waals surface area contributed by atoms with E-state index in [0.29, 0.717) is 17.3 Å². The Hall–Kier alpha value is -2.23. The first-order chi connectivity index (χ1) is 16.0. The first-order valence-corrected chi connectivity index (χ1v) is 12.4. The van der Waals surface area contributed by atoms with E-state index in [4.69, 9.17) is 18.9 Å². The zero-order chi connectivity index (χ0) is 23.2. The van der Waals surface area contributed by atoms with Crippen molar-refractivity contribution in [3.63, 3.8) is 0 Å². The van der Waals surface area contributed by atoms with Gasteiger partial charge in [-0.3, -0.25) is 9.69 Å². The van der Waals surface area contributed by atoms with E-state index in [0.717, 1.165) is 61.0 Å². The molecule has 1 saturated heterocycles. The molecule has 178 valence electrons. The van der Waals surface area contributed by atoms with Crippen LogP contribution >= 0.6 is 11.8 Å². The van der Waals surface area contributed by atoms with Crippen molar-refractivity contribution in [3.8, 4) is 11.5 Å². The molecule has 9 heteroatoms. The van der Waals surface area contributed by atoms with E-state index in [1.54, 1.807) is 7.11 Å². The molecule has 1 spiro atoms. The van der Waals surface area contributed by atoms with Crippen LogP contribution in [0.2, 0.25) is 0 Å². The van der Waals surface area contributed by atoms with Gasteiger partial charge in [0, 0.05) is 6.54 Å². The van der Waals surface area contributed by atoms with Gasteiger partial charge in [0.2, 0.25) is 6.79 Å². The second-order valence-electron chi connectivity index (χ2n) is 8.85. The van der Waals surface area contributed by atoms with Crippen LogP contribution in [-0.4, -0.2) is 71.6 Å². The molecule has 8 nitrogen and oxygen atoms in total. The third-order valence-electron chi connectivity index (χ3n) is 7.14. The highest BCUT2D eigenvalue weighted by Gasteiger charge is 2.58. The molecule has 0 aromatic heterocycles. The third-order valence-corrected chi connectivity index (χ3v) is 7.92. The van der Waals surface area contributed by atoms with Crippen molar-refractivity contribution < 1.29 is 33.6 Å². The Kier molecular flexibility index (Phi) is 6.05. The maximum absolute atomic E-state index is 12.9. The molecule has 33 heavy (non-hydrogen) atoms. The molecule has 0 bridgehead atoms. The quantitative estimate of drug-likeness (QED) is 0.622. The average molecular weight is 476 g/mol. The van der Waals surface area contributed by atoms with Gasteiger partial charge in [-0.1, -0.05) is 18.7 Å². The van der Waals surface area contributed by atoms with Crippen LogP contribution in [0.1, 0.15) is 43.2 Å². The monoisotopic (exact) mass is 475 g/mol. The maximum atomic E-state index is 12.9. The second kappa shape index (κ2) is 8.85. The minimum Gasteiger partial charge on any atom is -0.497 e. The average Bonchev–Trinajstić information content (AvgIpc) is 3.47. The number of methoxy groups -OCH3 is 1. The van der Waals surface area contributed by atoms with Gasteiger partial charge in [-0.15, -0.1) is 0 Å². The Bertz CT molecular complexity index is 995. The number of rotatable bonds is 6. The van der Waals surface area contributed by atoms with Crippen LogP contribution < -0.4 is 9.47 Å². The molecule has 4 atom stereocenters. The summed E-state index contributed by atoms with van der Waals surface area (Å²) in [6.07, 6.45) is 2.43. The number of ether oxygens (including phenoxy) is 4. The van der Waals surface area contributed by atoms with Crippen molar-refractivity contribution >= 4 is 22.8 Å². The van der Waals surface area contributed by atoms with Gasteiger partial charge in [-0.25, -0.2) is 4.79 Å². The molecule has 1 fully saturated rings. The SMILES string of the molecule is CCSC(=O)C[C@@H](O)C(=O)OC1C(OC)=CC23CCCN2CCc2cc4c(cc2[C@H]13)OCO4. The highest BCUT2D eigenvalue weighted by Crippen LogP contribution is 2.55. The van der Waals surface area contributed by atoms with Crippen LogP contribution in [-0.2, 0) is 25.5 Å². The summed E-state index contributed by atoms with van der Waals surface area (Å²) in [7, 11) is 1.58. The standard InChI is InChI=1S/C24H29NO7S/c1-3-33-20(27)11-16(26)23(28)32-22-19(29-2)12-24-6-4-7-25(24)8-5-14-9-17-18(31-13-30-17)10-15(14)21(22)24/h9-10,12,16,21-22,26H,3-8,11,13H2,1-2H3/t16-,21-,22?,24?/m1/s1. The smallest absolute Gasteiger partial charge is 0.336 e. The van der Waals surface area contributed by atoms with E-state index in [2.05, 4.69) is 11.0 Å². The lowest BCUT2D eigenvalue weighted by Gasteiger charge is -2.39. The molecule has 1 N–H and O–H groups in total. The first-order valence-electron chi connectivity index (χ1n) is 11.4.